The molecular weight excluding hydrogens is 360 g/mol. The Morgan fingerprint density at radius 1 is 1.18 bits per heavy atom. The van der Waals surface area contributed by atoms with Crippen LogP contribution >= 0.6 is 0 Å². The number of ether oxygens (including phenoxy) is 1. The van der Waals surface area contributed by atoms with Crippen molar-refractivity contribution in [3.63, 3.8) is 0 Å². The van der Waals surface area contributed by atoms with E-state index in [1.54, 1.807) is 24.7 Å². The molecule has 1 aromatic carbocycles. The van der Waals surface area contributed by atoms with Gasteiger partial charge in [0.25, 0.3) is 5.56 Å². The summed E-state index contributed by atoms with van der Waals surface area (Å²) < 4.78 is 9.21. The Morgan fingerprint density at radius 3 is 2.61 bits per heavy atom. The number of carbonyl (C=O) groups excluding carboxylic acids is 1. The van der Waals surface area contributed by atoms with Crippen LogP contribution in [0.1, 0.15) is 17.5 Å². The molecule has 0 N–H and O–H groups in total. The lowest BCUT2D eigenvalue weighted by atomic mass is 10.1. The molecule has 8 heteroatoms. The molecule has 0 radical (unpaired) electrons. The van der Waals surface area contributed by atoms with Crippen molar-refractivity contribution >= 4 is 23.2 Å². The topological polar surface area (TPSA) is 88.1 Å². The van der Waals surface area contributed by atoms with Crippen molar-refractivity contribution < 1.29 is 9.53 Å². The third-order valence-corrected chi connectivity index (χ3v) is 4.46. The van der Waals surface area contributed by atoms with Crippen LogP contribution in [-0.4, -0.2) is 31.3 Å². The maximum absolute atomic E-state index is 12.6. The second-order valence-corrected chi connectivity index (χ2v) is 6.59. The van der Waals surface area contributed by atoms with Crippen LogP contribution in [0.4, 0.5) is 0 Å². The van der Waals surface area contributed by atoms with E-state index in [0.29, 0.717) is 17.6 Å². The molecule has 8 nitrogen and oxygen atoms in total. The molecule has 2 heterocycles. The molecule has 0 aliphatic heterocycles. The highest BCUT2D eigenvalue weighted by molar-refractivity contribution is 5.87. The lowest BCUT2D eigenvalue weighted by molar-refractivity contribution is -0.137. The lowest BCUT2D eigenvalue weighted by Gasteiger charge is -2.08. The normalized spacial score (nSPS) is 11.4. The molecule has 0 saturated heterocycles. The first-order chi connectivity index (χ1) is 13.4. The van der Waals surface area contributed by atoms with Crippen LogP contribution in [0.2, 0.25) is 0 Å². The molecule has 0 aliphatic rings. The Hall–Kier alpha value is -3.42. The van der Waals surface area contributed by atoms with E-state index in [9.17, 15) is 14.4 Å². The Bertz CT molecular complexity index is 1150. The van der Waals surface area contributed by atoms with Crippen molar-refractivity contribution in [2.24, 2.45) is 14.1 Å². The Balaban J connectivity index is 1.60. The first-order valence-corrected chi connectivity index (χ1v) is 8.91. The molecule has 0 bridgehead atoms. The second kappa shape index (κ2) is 8.08. The number of hydrogen-bond acceptors (Lipinski definition) is 5. The van der Waals surface area contributed by atoms with E-state index >= 15 is 0 Å². The summed E-state index contributed by atoms with van der Waals surface area (Å²) in [4.78, 5) is 40.8. The number of imidazole rings is 1. The summed E-state index contributed by atoms with van der Waals surface area (Å²) in [5.74, 6) is -0.470. The fourth-order valence-corrected chi connectivity index (χ4v) is 2.88. The van der Waals surface area contributed by atoms with Crippen LogP contribution < -0.4 is 11.2 Å². The fraction of sp³-hybridized carbons (Fsp3) is 0.300. The molecule has 2 aromatic heterocycles. The van der Waals surface area contributed by atoms with Gasteiger partial charge in [-0.05, 0) is 25.0 Å². The summed E-state index contributed by atoms with van der Waals surface area (Å²) in [5, 5.41) is 0. The van der Waals surface area contributed by atoms with Gasteiger partial charge in [0.2, 0.25) is 0 Å². The highest BCUT2D eigenvalue weighted by Gasteiger charge is 2.14. The molecule has 3 rings (SSSR count). The van der Waals surface area contributed by atoms with Crippen LogP contribution in [0.25, 0.3) is 17.2 Å². The molecule has 0 saturated carbocycles. The average molecular weight is 382 g/mol. The summed E-state index contributed by atoms with van der Waals surface area (Å²) in [6.45, 7) is 2.25. The molecule has 0 aliphatic carbocycles. The quantitative estimate of drug-likeness (QED) is 0.365. The average Bonchev–Trinajstić information content (AvgIpc) is 3.07. The second-order valence-electron chi connectivity index (χ2n) is 6.59. The maximum Gasteiger partial charge on any atom is 0.332 e. The van der Waals surface area contributed by atoms with Crippen molar-refractivity contribution in [2.45, 2.75) is 19.9 Å². The number of fused-ring (bicyclic) bond motifs is 1. The number of esters is 1. The molecule has 0 spiro atoms. The summed E-state index contributed by atoms with van der Waals surface area (Å²) in [6, 6.07) is 7.75. The predicted molar refractivity (Wildman–Crippen MR) is 106 cm³/mol. The van der Waals surface area contributed by atoms with Gasteiger partial charge >= 0.3 is 11.7 Å². The maximum atomic E-state index is 12.6. The highest BCUT2D eigenvalue weighted by Crippen LogP contribution is 2.05. The molecule has 0 unspecified atom stereocenters. The number of nitrogens with zero attached hydrogens (tertiary/aromatic N) is 4. The Kier molecular flexibility index (Phi) is 5.58. The number of benzene rings is 1. The SMILES string of the molecule is Cc1ccc(/C=C/C(=O)OCCCn2c(=O)c3c(ncn3C)n(C)c2=O)cc1. The van der Waals surface area contributed by atoms with Gasteiger partial charge < -0.3 is 9.30 Å². The smallest absolute Gasteiger partial charge is 0.332 e. The minimum Gasteiger partial charge on any atom is -0.462 e. The van der Waals surface area contributed by atoms with Crippen molar-refractivity contribution in [2.75, 3.05) is 6.61 Å². The van der Waals surface area contributed by atoms with Crippen molar-refractivity contribution in [1.29, 1.82) is 0 Å². The highest BCUT2D eigenvalue weighted by atomic mass is 16.5. The first-order valence-electron chi connectivity index (χ1n) is 8.91. The molecule has 3 aromatic rings. The third-order valence-electron chi connectivity index (χ3n) is 4.46. The van der Waals surface area contributed by atoms with Gasteiger partial charge in [-0.1, -0.05) is 29.8 Å². The largest absolute Gasteiger partial charge is 0.462 e. The number of rotatable bonds is 6. The van der Waals surface area contributed by atoms with Gasteiger partial charge in [0, 0.05) is 26.7 Å². The van der Waals surface area contributed by atoms with Crippen molar-refractivity contribution in [1.82, 2.24) is 18.7 Å². The van der Waals surface area contributed by atoms with E-state index in [1.165, 1.54) is 17.0 Å². The van der Waals surface area contributed by atoms with E-state index < -0.39 is 17.2 Å². The zero-order valence-electron chi connectivity index (χ0n) is 16.1. The number of hydrogen-bond donors (Lipinski definition) is 0. The van der Waals surface area contributed by atoms with Gasteiger partial charge in [0.15, 0.2) is 11.2 Å². The Morgan fingerprint density at radius 2 is 1.89 bits per heavy atom. The zero-order valence-corrected chi connectivity index (χ0v) is 16.1. The van der Waals surface area contributed by atoms with Crippen molar-refractivity contribution in [3.8, 4) is 0 Å². The summed E-state index contributed by atoms with van der Waals surface area (Å²) in [7, 11) is 3.28. The number of aryl methyl sites for hydroxylation is 3. The zero-order chi connectivity index (χ0) is 20.3. The first kappa shape index (κ1) is 19.3. The van der Waals surface area contributed by atoms with E-state index in [2.05, 4.69) is 4.98 Å². The van der Waals surface area contributed by atoms with E-state index in [1.807, 2.05) is 31.2 Å². The van der Waals surface area contributed by atoms with Crippen LogP contribution in [0.5, 0.6) is 0 Å². The molecule has 0 fully saturated rings. The minimum absolute atomic E-state index is 0.107. The van der Waals surface area contributed by atoms with Crippen LogP contribution in [0.15, 0.2) is 46.3 Å². The van der Waals surface area contributed by atoms with Crippen LogP contribution in [-0.2, 0) is 30.2 Å². The summed E-state index contributed by atoms with van der Waals surface area (Å²) in [5.41, 5.74) is 1.92. The van der Waals surface area contributed by atoms with Gasteiger partial charge in [-0.3, -0.25) is 13.9 Å². The van der Waals surface area contributed by atoms with Gasteiger partial charge in [0.1, 0.15) is 0 Å². The van der Waals surface area contributed by atoms with Gasteiger partial charge in [-0.2, -0.15) is 0 Å². The number of aromatic nitrogens is 4. The van der Waals surface area contributed by atoms with E-state index in [0.717, 1.165) is 15.7 Å². The molecule has 28 heavy (non-hydrogen) atoms. The van der Waals surface area contributed by atoms with Gasteiger partial charge in [-0.15, -0.1) is 0 Å². The third kappa shape index (κ3) is 3.95. The minimum atomic E-state index is -0.470. The van der Waals surface area contributed by atoms with Gasteiger partial charge in [-0.25, -0.2) is 14.6 Å². The van der Waals surface area contributed by atoms with E-state index in [-0.39, 0.29) is 13.2 Å². The molecular formula is C20H22N4O4. The van der Waals surface area contributed by atoms with E-state index in [4.69, 9.17) is 4.74 Å². The fourth-order valence-electron chi connectivity index (χ4n) is 2.88. The van der Waals surface area contributed by atoms with Gasteiger partial charge in [0.05, 0.1) is 12.9 Å². The Labute approximate surface area is 161 Å². The standard InChI is InChI=1S/C20H22N4O4/c1-14-5-7-15(8-6-14)9-10-16(25)28-12-4-11-24-19(26)17-18(21-13-22(17)2)23(3)20(24)27/h5-10,13H,4,11-12H2,1-3H3/b10-9+. The monoisotopic (exact) mass is 382 g/mol. The van der Waals surface area contributed by atoms with Crippen LogP contribution in [0.3, 0.4) is 0 Å². The lowest BCUT2D eigenvalue weighted by Crippen LogP contribution is -2.39. The predicted octanol–water partition coefficient (Wildman–Crippen LogP) is 1.39. The molecule has 0 amide bonds. The number of carbonyl (C=O) groups is 1. The summed E-state index contributed by atoms with van der Waals surface area (Å²) in [6.07, 6.45) is 4.89. The molecule has 0 atom stereocenters. The van der Waals surface area contributed by atoms with Crippen molar-refractivity contribution in [3.05, 3.63) is 68.6 Å². The van der Waals surface area contributed by atoms with Crippen LogP contribution in [0, 0.1) is 6.92 Å². The summed E-state index contributed by atoms with van der Waals surface area (Å²) >= 11 is 0. The molecule has 146 valence electrons.